The maximum absolute atomic E-state index is 14.0. The van der Waals surface area contributed by atoms with E-state index in [9.17, 15) is 9.18 Å². The van der Waals surface area contributed by atoms with Crippen molar-refractivity contribution in [3.63, 3.8) is 0 Å². The lowest BCUT2D eigenvalue weighted by Gasteiger charge is -2.33. The normalized spacial score (nSPS) is 15.0. The highest BCUT2D eigenvalue weighted by molar-refractivity contribution is 6.08. The second-order valence-corrected chi connectivity index (χ2v) is 11.2. The summed E-state index contributed by atoms with van der Waals surface area (Å²) in [6.45, 7) is 3.53. The maximum atomic E-state index is 14.0. The molecule has 1 unspecified atom stereocenters. The van der Waals surface area contributed by atoms with Gasteiger partial charge in [0.15, 0.2) is 0 Å². The highest BCUT2D eigenvalue weighted by Crippen LogP contribution is 2.36. The van der Waals surface area contributed by atoms with E-state index in [0.717, 1.165) is 40.6 Å². The number of carbonyl (C=O) groups is 1. The van der Waals surface area contributed by atoms with Crippen molar-refractivity contribution in [3.8, 4) is 11.3 Å². The Morgan fingerprint density at radius 1 is 0.905 bits per heavy atom. The number of nitrogens with zero attached hydrogens (tertiary/aromatic N) is 5. The number of halogens is 1. The van der Waals surface area contributed by atoms with Crippen LogP contribution in [0.4, 0.5) is 4.39 Å². The van der Waals surface area contributed by atoms with Gasteiger partial charge in [0.2, 0.25) is 0 Å². The van der Waals surface area contributed by atoms with E-state index < -0.39 is 0 Å². The van der Waals surface area contributed by atoms with E-state index in [-0.39, 0.29) is 23.7 Å². The number of hydrogen-bond donors (Lipinski definition) is 0. The Labute approximate surface area is 244 Å². The number of para-hydroxylation sites is 3. The largest absolute Gasteiger partial charge is 0.339 e. The Morgan fingerprint density at radius 3 is 2.43 bits per heavy atom. The molecule has 2 aromatic heterocycles. The minimum atomic E-state index is -0.312. The number of amides is 1. The zero-order valence-corrected chi connectivity index (χ0v) is 23.7. The Hall–Kier alpha value is -4.78. The molecule has 6 aromatic rings. The Kier molecular flexibility index (Phi) is 6.57. The molecule has 0 N–H and O–H groups in total. The number of imidazole rings is 1. The van der Waals surface area contributed by atoms with Gasteiger partial charge in [-0.1, -0.05) is 66.7 Å². The van der Waals surface area contributed by atoms with Crippen LogP contribution >= 0.6 is 0 Å². The maximum Gasteiger partial charge on any atom is 0.256 e. The fourth-order valence-electron chi connectivity index (χ4n) is 6.51. The van der Waals surface area contributed by atoms with Crippen LogP contribution in [0.15, 0.2) is 97.1 Å². The summed E-state index contributed by atoms with van der Waals surface area (Å²) in [6, 6.07) is 31.2. The quantitative estimate of drug-likeness (QED) is 0.223. The molecule has 0 aliphatic carbocycles. The monoisotopic (exact) mass is 557 g/mol. The minimum Gasteiger partial charge on any atom is -0.339 e. The van der Waals surface area contributed by atoms with Gasteiger partial charge in [0.05, 0.1) is 28.2 Å². The molecule has 1 saturated heterocycles. The molecule has 210 valence electrons. The summed E-state index contributed by atoms with van der Waals surface area (Å²) in [5, 5.41) is 5.52. The lowest BCUT2D eigenvalue weighted by Crippen LogP contribution is -2.38. The standard InChI is InChI=1S/C35H32FN5O/c1-23(24-10-4-3-5-11-24)41-31-17-7-6-16-30(31)37-34(41)25-18-20-40(21-19-25)35(42)29-15-9-14-28-32(38-39(2)33(28)29)26-12-8-13-27(36)22-26/h3-17,22-23,25H,18-21H2,1-2H3. The minimum absolute atomic E-state index is 0.000927. The summed E-state index contributed by atoms with van der Waals surface area (Å²) in [5.41, 5.74) is 6.14. The van der Waals surface area contributed by atoms with Crippen molar-refractivity contribution in [1.29, 1.82) is 0 Å². The highest BCUT2D eigenvalue weighted by atomic mass is 19.1. The fourth-order valence-corrected chi connectivity index (χ4v) is 6.51. The van der Waals surface area contributed by atoms with E-state index in [2.05, 4.69) is 59.1 Å². The Balaban J connectivity index is 1.17. The van der Waals surface area contributed by atoms with Crippen LogP contribution < -0.4 is 0 Å². The van der Waals surface area contributed by atoms with Crippen molar-refractivity contribution in [2.75, 3.05) is 13.1 Å². The second-order valence-electron chi connectivity index (χ2n) is 11.2. The van der Waals surface area contributed by atoms with Crippen LogP contribution in [0.2, 0.25) is 0 Å². The average molecular weight is 558 g/mol. The Bertz CT molecular complexity index is 1920. The molecule has 3 heterocycles. The van der Waals surface area contributed by atoms with Crippen LogP contribution in [0.25, 0.3) is 33.2 Å². The van der Waals surface area contributed by atoms with Gasteiger partial charge in [-0.2, -0.15) is 5.10 Å². The van der Waals surface area contributed by atoms with Crippen molar-refractivity contribution >= 4 is 27.8 Å². The molecule has 7 rings (SSSR count). The van der Waals surface area contributed by atoms with E-state index in [1.165, 1.54) is 17.7 Å². The summed E-state index contributed by atoms with van der Waals surface area (Å²) in [4.78, 5) is 21.0. The number of carbonyl (C=O) groups excluding carboxylic acids is 1. The van der Waals surface area contributed by atoms with Gasteiger partial charge in [-0.05, 0) is 55.7 Å². The molecule has 0 saturated carbocycles. The molecular formula is C35H32FN5O. The fraction of sp³-hybridized carbons (Fsp3) is 0.229. The van der Waals surface area contributed by atoms with Crippen LogP contribution in [-0.2, 0) is 7.05 Å². The summed E-state index contributed by atoms with van der Waals surface area (Å²) in [6.07, 6.45) is 1.68. The van der Waals surface area contributed by atoms with Crippen LogP contribution in [-0.4, -0.2) is 43.2 Å². The van der Waals surface area contributed by atoms with Crippen molar-refractivity contribution in [3.05, 3.63) is 120 Å². The molecule has 1 fully saturated rings. The van der Waals surface area contributed by atoms with Gasteiger partial charge < -0.3 is 9.47 Å². The molecule has 42 heavy (non-hydrogen) atoms. The lowest BCUT2D eigenvalue weighted by atomic mass is 9.94. The SMILES string of the molecule is CC(c1ccccc1)n1c(C2CCN(C(=O)c3cccc4c(-c5cccc(F)c5)nn(C)c34)CC2)nc2ccccc21. The number of hydrogen-bond acceptors (Lipinski definition) is 3. The number of piperidine rings is 1. The second kappa shape index (κ2) is 10.6. The number of aryl methyl sites for hydroxylation is 1. The van der Waals surface area contributed by atoms with Gasteiger partial charge >= 0.3 is 0 Å². The van der Waals surface area contributed by atoms with Crippen LogP contribution in [0.5, 0.6) is 0 Å². The predicted octanol–water partition coefficient (Wildman–Crippen LogP) is 7.36. The molecule has 0 radical (unpaired) electrons. The van der Waals surface area contributed by atoms with Gasteiger partial charge in [-0.25, -0.2) is 9.37 Å². The first kappa shape index (κ1) is 26.1. The van der Waals surface area contributed by atoms with Crippen LogP contribution in [0, 0.1) is 5.82 Å². The number of likely N-dealkylation sites (tertiary alicyclic amines) is 1. The van der Waals surface area contributed by atoms with Gasteiger partial charge in [-0.3, -0.25) is 9.48 Å². The third kappa shape index (κ3) is 4.45. The molecule has 4 aromatic carbocycles. The van der Waals surface area contributed by atoms with Gasteiger partial charge in [-0.15, -0.1) is 0 Å². The molecule has 1 aliphatic rings. The molecule has 1 aliphatic heterocycles. The zero-order chi connectivity index (χ0) is 28.8. The zero-order valence-electron chi connectivity index (χ0n) is 23.7. The van der Waals surface area contributed by atoms with E-state index >= 15 is 0 Å². The van der Waals surface area contributed by atoms with Crippen molar-refractivity contribution in [2.45, 2.75) is 31.7 Å². The van der Waals surface area contributed by atoms with Crippen molar-refractivity contribution in [1.82, 2.24) is 24.2 Å². The first-order valence-corrected chi connectivity index (χ1v) is 14.5. The topological polar surface area (TPSA) is 56.0 Å². The number of aromatic nitrogens is 4. The highest BCUT2D eigenvalue weighted by Gasteiger charge is 2.30. The summed E-state index contributed by atoms with van der Waals surface area (Å²) >= 11 is 0. The number of benzene rings is 4. The Morgan fingerprint density at radius 2 is 1.64 bits per heavy atom. The van der Waals surface area contributed by atoms with Crippen LogP contribution in [0.1, 0.15) is 53.5 Å². The van der Waals surface area contributed by atoms with E-state index in [4.69, 9.17) is 4.98 Å². The van der Waals surface area contributed by atoms with E-state index in [1.807, 2.05) is 48.3 Å². The molecule has 0 spiro atoms. The van der Waals surface area contributed by atoms with E-state index in [0.29, 0.717) is 29.9 Å². The third-order valence-corrected chi connectivity index (χ3v) is 8.63. The van der Waals surface area contributed by atoms with E-state index in [1.54, 1.807) is 10.7 Å². The lowest BCUT2D eigenvalue weighted by molar-refractivity contribution is 0.0711. The first-order chi connectivity index (χ1) is 20.5. The molecule has 0 bridgehead atoms. The van der Waals surface area contributed by atoms with Gasteiger partial charge in [0, 0.05) is 37.0 Å². The van der Waals surface area contributed by atoms with Crippen molar-refractivity contribution in [2.24, 2.45) is 7.05 Å². The molecule has 6 nitrogen and oxygen atoms in total. The number of fused-ring (bicyclic) bond motifs is 2. The molecule has 1 amide bonds. The summed E-state index contributed by atoms with van der Waals surface area (Å²) < 4.78 is 18.1. The predicted molar refractivity (Wildman–Crippen MR) is 164 cm³/mol. The summed E-state index contributed by atoms with van der Waals surface area (Å²) in [5.74, 6) is 1.03. The van der Waals surface area contributed by atoms with Crippen LogP contribution in [0.3, 0.4) is 0 Å². The average Bonchev–Trinajstić information content (AvgIpc) is 3.59. The smallest absolute Gasteiger partial charge is 0.256 e. The van der Waals surface area contributed by atoms with Crippen molar-refractivity contribution < 1.29 is 9.18 Å². The molecular weight excluding hydrogens is 525 g/mol. The van der Waals surface area contributed by atoms with Gasteiger partial charge in [0.25, 0.3) is 5.91 Å². The molecule has 1 atom stereocenters. The first-order valence-electron chi connectivity index (χ1n) is 14.5. The molecule has 7 heteroatoms. The van der Waals surface area contributed by atoms with Gasteiger partial charge in [0.1, 0.15) is 17.3 Å². The third-order valence-electron chi connectivity index (χ3n) is 8.63. The number of rotatable bonds is 5. The summed E-state index contributed by atoms with van der Waals surface area (Å²) in [7, 11) is 1.84.